The fourth-order valence-corrected chi connectivity index (χ4v) is 2.96. The van der Waals surface area contributed by atoms with E-state index in [1.54, 1.807) is 6.92 Å². The lowest BCUT2D eigenvalue weighted by Gasteiger charge is -2.15. The van der Waals surface area contributed by atoms with Gasteiger partial charge in [0.2, 0.25) is 0 Å². The summed E-state index contributed by atoms with van der Waals surface area (Å²) in [6.45, 7) is 2.44. The molecule has 1 aromatic carbocycles. The molecule has 2 rings (SSSR count). The van der Waals surface area contributed by atoms with Crippen LogP contribution in [0.25, 0.3) is 0 Å². The van der Waals surface area contributed by atoms with Gasteiger partial charge in [0.1, 0.15) is 0 Å². The van der Waals surface area contributed by atoms with Crippen LogP contribution < -0.4 is 5.32 Å². The van der Waals surface area contributed by atoms with Gasteiger partial charge in [0, 0.05) is 19.3 Å². The lowest BCUT2D eigenvalue weighted by atomic mass is 10.1. The minimum Gasteiger partial charge on any atom is -0.450 e. The molecule has 1 aromatic rings. The summed E-state index contributed by atoms with van der Waals surface area (Å²) >= 11 is 1.49. The highest BCUT2D eigenvalue weighted by atomic mass is 32.2. The second-order valence-electron chi connectivity index (χ2n) is 4.74. The van der Waals surface area contributed by atoms with Crippen LogP contribution in [-0.2, 0) is 10.9 Å². The number of anilines is 1. The number of thioether (sulfide) groups is 1. The maximum Gasteiger partial charge on any atom is 0.418 e. The maximum atomic E-state index is 13.2. The summed E-state index contributed by atoms with van der Waals surface area (Å²) in [6, 6.07) is 3.52. The number of alkyl halides is 3. The predicted molar refractivity (Wildman–Crippen MR) is 84.3 cm³/mol. The number of hydrogen-bond acceptors (Lipinski definition) is 4. The molecular formula is C14H16F3N3O2S. The number of carbonyl (C=O) groups is 1. The number of amidine groups is 1. The van der Waals surface area contributed by atoms with E-state index in [0.29, 0.717) is 5.17 Å². The van der Waals surface area contributed by atoms with Crippen molar-refractivity contribution in [2.24, 2.45) is 4.99 Å². The van der Waals surface area contributed by atoms with E-state index >= 15 is 0 Å². The van der Waals surface area contributed by atoms with Crippen LogP contribution in [0.2, 0.25) is 0 Å². The van der Waals surface area contributed by atoms with E-state index in [1.165, 1.54) is 23.9 Å². The zero-order valence-electron chi connectivity index (χ0n) is 12.6. The summed E-state index contributed by atoms with van der Waals surface area (Å²) < 4.78 is 44.2. The smallest absolute Gasteiger partial charge is 0.418 e. The molecule has 0 atom stereocenters. The van der Waals surface area contributed by atoms with Crippen molar-refractivity contribution in [2.75, 3.05) is 31.3 Å². The average molecular weight is 347 g/mol. The molecule has 0 aromatic heterocycles. The zero-order chi connectivity index (χ0) is 17.0. The van der Waals surface area contributed by atoms with Crippen molar-refractivity contribution in [3.63, 3.8) is 0 Å². The van der Waals surface area contributed by atoms with Crippen molar-refractivity contribution in [1.82, 2.24) is 4.90 Å². The number of nitrogens with zero attached hydrogens (tertiary/aromatic N) is 2. The second-order valence-corrected chi connectivity index (χ2v) is 5.80. The first kappa shape index (κ1) is 17.5. The molecule has 1 heterocycles. The first-order valence-electron chi connectivity index (χ1n) is 6.89. The van der Waals surface area contributed by atoms with E-state index in [-0.39, 0.29) is 18.0 Å². The third kappa shape index (κ3) is 4.54. The van der Waals surface area contributed by atoms with Gasteiger partial charge in [-0.3, -0.25) is 5.32 Å². The Kier molecular flexibility index (Phi) is 5.40. The molecule has 1 fully saturated rings. The molecule has 126 valence electrons. The molecule has 5 nitrogen and oxygen atoms in total. The topological polar surface area (TPSA) is 53.9 Å². The highest BCUT2D eigenvalue weighted by molar-refractivity contribution is 8.14. The van der Waals surface area contributed by atoms with Crippen LogP contribution in [0.3, 0.4) is 0 Å². The molecule has 1 aliphatic heterocycles. The summed E-state index contributed by atoms with van der Waals surface area (Å²) in [6.07, 6.45) is -5.54. The van der Waals surface area contributed by atoms with Gasteiger partial charge in [0.15, 0.2) is 5.17 Å². The number of ether oxygens (including phenoxy) is 1. The van der Waals surface area contributed by atoms with E-state index in [9.17, 15) is 18.0 Å². The number of hydrogen-bond donors (Lipinski definition) is 1. The highest BCUT2D eigenvalue weighted by Gasteiger charge is 2.34. The van der Waals surface area contributed by atoms with E-state index in [0.717, 1.165) is 18.4 Å². The molecule has 1 N–H and O–H groups in total. The van der Waals surface area contributed by atoms with E-state index in [4.69, 9.17) is 0 Å². The first-order valence-corrected chi connectivity index (χ1v) is 7.87. The number of halogens is 3. The van der Waals surface area contributed by atoms with Gasteiger partial charge in [0.05, 0.1) is 23.5 Å². The maximum absolute atomic E-state index is 13.2. The third-order valence-corrected chi connectivity index (χ3v) is 4.08. The van der Waals surface area contributed by atoms with Crippen LogP contribution in [0, 0.1) is 0 Å². The minimum absolute atomic E-state index is 0.0719. The van der Waals surface area contributed by atoms with Crippen molar-refractivity contribution in [3.8, 4) is 0 Å². The summed E-state index contributed by atoms with van der Waals surface area (Å²) in [5.74, 6) is 0.851. The van der Waals surface area contributed by atoms with E-state index in [1.807, 2.05) is 11.9 Å². The van der Waals surface area contributed by atoms with E-state index < -0.39 is 17.8 Å². The Morgan fingerprint density at radius 1 is 1.48 bits per heavy atom. The number of amides is 1. The zero-order valence-corrected chi connectivity index (χ0v) is 13.4. The SMILES string of the molecule is CCOC(=O)Nc1ccc(N=C2SCCN2C)cc1C(F)(F)F. The van der Waals surface area contributed by atoms with Gasteiger partial charge in [-0.15, -0.1) is 0 Å². The van der Waals surface area contributed by atoms with Crippen LogP contribution in [0.15, 0.2) is 23.2 Å². The Bertz CT molecular complexity index is 620. The second kappa shape index (κ2) is 7.12. The van der Waals surface area contributed by atoms with Gasteiger partial charge in [-0.05, 0) is 25.1 Å². The molecular weight excluding hydrogens is 331 g/mol. The van der Waals surface area contributed by atoms with Crippen LogP contribution in [0.1, 0.15) is 12.5 Å². The van der Waals surface area contributed by atoms with Crippen LogP contribution in [-0.4, -0.2) is 42.1 Å². The minimum atomic E-state index is -4.61. The van der Waals surface area contributed by atoms with Crippen LogP contribution >= 0.6 is 11.8 Å². The van der Waals surface area contributed by atoms with Gasteiger partial charge in [-0.1, -0.05) is 11.8 Å². The van der Waals surface area contributed by atoms with Gasteiger partial charge in [-0.25, -0.2) is 9.79 Å². The Hall–Kier alpha value is -1.90. The van der Waals surface area contributed by atoms with Gasteiger partial charge < -0.3 is 9.64 Å². The Morgan fingerprint density at radius 3 is 2.78 bits per heavy atom. The molecule has 0 radical (unpaired) electrons. The van der Waals surface area contributed by atoms with Gasteiger partial charge >= 0.3 is 12.3 Å². The largest absolute Gasteiger partial charge is 0.450 e. The van der Waals surface area contributed by atoms with Crippen LogP contribution in [0.4, 0.5) is 29.3 Å². The lowest BCUT2D eigenvalue weighted by molar-refractivity contribution is -0.136. The standard InChI is InChI=1S/C14H16F3N3O2S/c1-3-22-13(21)19-11-5-4-9(8-10(11)14(15,16)17)18-12-20(2)6-7-23-12/h4-5,8H,3,6-7H2,1-2H3,(H,19,21). The molecule has 23 heavy (non-hydrogen) atoms. The molecule has 0 saturated carbocycles. The Morgan fingerprint density at radius 2 is 2.22 bits per heavy atom. The molecule has 1 aliphatic rings. The first-order chi connectivity index (χ1) is 10.8. The normalized spacial score (nSPS) is 16.7. The van der Waals surface area contributed by atoms with Gasteiger partial charge in [0.25, 0.3) is 0 Å². The van der Waals surface area contributed by atoms with Crippen molar-refractivity contribution in [3.05, 3.63) is 23.8 Å². The summed E-state index contributed by atoms with van der Waals surface area (Å²) in [7, 11) is 1.83. The van der Waals surface area contributed by atoms with Crippen molar-refractivity contribution >= 4 is 34.4 Å². The molecule has 1 saturated heterocycles. The quantitative estimate of drug-likeness (QED) is 0.900. The fourth-order valence-electron chi connectivity index (χ4n) is 1.93. The number of aliphatic imine (C=N–C) groups is 1. The molecule has 0 spiro atoms. The molecule has 9 heteroatoms. The highest BCUT2D eigenvalue weighted by Crippen LogP contribution is 2.37. The van der Waals surface area contributed by atoms with Gasteiger partial charge in [-0.2, -0.15) is 13.2 Å². The van der Waals surface area contributed by atoms with E-state index in [2.05, 4.69) is 15.0 Å². The Labute approximate surface area is 135 Å². The Balaban J connectivity index is 2.33. The van der Waals surface area contributed by atoms with Crippen molar-refractivity contribution in [2.45, 2.75) is 13.1 Å². The number of nitrogens with one attached hydrogen (secondary N) is 1. The predicted octanol–water partition coefficient (Wildman–Crippen LogP) is 3.94. The number of rotatable bonds is 3. The molecule has 1 amide bonds. The van der Waals surface area contributed by atoms with Crippen molar-refractivity contribution in [1.29, 1.82) is 0 Å². The summed E-state index contributed by atoms with van der Waals surface area (Å²) in [5.41, 5.74) is -1.13. The molecule has 0 aliphatic carbocycles. The monoisotopic (exact) mass is 347 g/mol. The molecule has 0 bridgehead atoms. The number of carbonyl (C=O) groups excluding carboxylic acids is 1. The lowest BCUT2D eigenvalue weighted by Crippen LogP contribution is -2.18. The fraction of sp³-hybridized carbons (Fsp3) is 0.429. The summed E-state index contributed by atoms with van der Waals surface area (Å²) in [5, 5.41) is 2.77. The molecule has 0 unspecified atom stereocenters. The average Bonchev–Trinajstić information content (AvgIpc) is 2.85. The number of benzene rings is 1. The van der Waals surface area contributed by atoms with Crippen LogP contribution in [0.5, 0.6) is 0 Å². The van der Waals surface area contributed by atoms with Crippen molar-refractivity contribution < 1.29 is 22.7 Å². The summed E-state index contributed by atoms with van der Waals surface area (Å²) in [4.78, 5) is 17.5. The third-order valence-electron chi connectivity index (χ3n) is 3.03.